The molecule has 0 amide bonds. The monoisotopic (exact) mass is 348 g/mol. The number of hydrogen-bond donors (Lipinski definition) is 1. The minimum atomic E-state index is 0.204. The third-order valence-corrected chi connectivity index (χ3v) is 5.25. The van der Waals surface area contributed by atoms with Crippen molar-refractivity contribution in [3.63, 3.8) is 0 Å². The summed E-state index contributed by atoms with van der Waals surface area (Å²) in [4.78, 5) is 2.38. The summed E-state index contributed by atoms with van der Waals surface area (Å²) >= 11 is 0. The van der Waals surface area contributed by atoms with Crippen LogP contribution in [0.5, 0.6) is 0 Å². The van der Waals surface area contributed by atoms with Crippen LogP contribution in [0, 0.1) is 5.92 Å². The molecule has 1 aliphatic rings. The lowest BCUT2D eigenvalue weighted by Gasteiger charge is -2.23. The highest BCUT2D eigenvalue weighted by Crippen LogP contribution is 2.23. The molecule has 1 saturated heterocycles. The molecule has 2 nitrogen and oxygen atoms in total. The van der Waals surface area contributed by atoms with E-state index in [0.29, 0.717) is 0 Å². The molecule has 1 N–H and O–H groups in total. The molecule has 0 aliphatic carbocycles. The fraction of sp³-hybridized carbons (Fsp3) is 0.417. The quantitative estimate of drug-likeness (QED) is 0.747. The first-order chi connectivity index (χ1) is 12.4. The van der Waals surface area contributed by atoms with Crippen LogP contribution in [0.3, 0.4) is 0 Å². The molecule has 1 atom stereocenters. The first-order valence-electron chi connectivity index (χ1n) is 9.72. The van der Waals surface area contributed by atoms with Gasteiger partial charge in [-0.1, -0.05) is 69.3 Å². The minimum Gasteiger partial charge on any atom is -0.374 e. The third-order valence-electron chi connectivity index (χ3n) is 5.25. The van der Waals surface area contributed by atoms with Gasteiger partial charge in [-0.05, 0) is 59.7 Å². The molecular weight excluding hydrogens is 316 g/mol. The van der Waals surface area contributed by atoms with Crippen LogP contribution in [0.25, 0.3) is 12.2 Å². The fourth-order valence-electron chi connectivity index (χ4n) is 3.52. The number of hydrogen-bond acceptors (Lipinski definition) is 2. The zero-order valence-corrected chi connectivity index (χ0v) is 16.6. The van der Waals surface area contributed by atoms with Crippen LogP contribution in [-0.2, 0) is 5.41 Å². The van der Waals surface area contributed by atoms with Crippen molar-refractivity contribution in [2.75, 3.05) is 31.6 Å². The van der Waals surface area contributed by atoms with E-state index in [0.717, 1.165) is 25.6 Å². The van der Waals surface area contributed by atoms with Crippen molar-refractivity contribution < 1.29 is 0 Å². The van der Waals surface area contributed by atoms with Gasteiger partial charge in [0.2, 0.25) is 0 Å². The van der Waals surface area contributed by atoms with E-state index < -0.39 is 0 Å². The number of rotatable bonds is 5. The first-order valence-corrected chi connectivity index (χ1v) is 9.72. The summed E-state index contributed by atoms with van der Waals surface area (Å²) in [6.07, 6.45) is 5.70. The third kappa shape index (κ3) is 4.98. The van der Waals surface area contributed by atoms with Gasteiger partial charge in [0, 0.05) is 19.3 Å². The molecule has 1 fully saturated rings. The van der Waals surface area contributed by atoms with Gasteiger partial charge >= 0.3 is 0 Å². The van der Waals surface area contributed by atoms with Gasteiger partial charge in [0.15, 0.2) is 0 Å². The van der Waals surface area contributed by atoms with Gasteiger partial charge in [-0.2, -0.15) is 0 Å². The highest BCUT2D eigenvalue weighted by atomic mass is 15.1. The van der Waals surface area contributed by atoms with Crippen LogP contribution in [0.4, 0.5) is 5.69 Å². The number of benzene rings is 2. The van der Waals surface area contributed by atoms with E-state index >= 15 is 0 Å². The van der Waals surface area contributed by atoms with Gasteiger partial charge in [0.25, 0.3) is 0 Å². The Hall–Kier alpha value is -2.06. The van der Waals surface area contributed by atoms with Crippen molar-refractivity contribution in [3.05, 3.63) is 65.2 Å². The predicted octanol–water partition coefficient (Wildman–Crippen LogP) is 5.20. The molecule has 2 aromatic carbocycles. The van der Waals surface area contributed by atoms with Gasteiger partial charge in [0.1, 0.15) is 0 Å². The lowest BCUT2D eigenvalue weighted by atomic mass is 9.87. The summed E-state index contributed by atoms with van der Waals surface area (Å²) in [6, 6.07) is 17.7. The van der Waals surface area contributed by atoms with Crippen LogP contribution in [0.1, 0.15) is 43.9 Å². The van der Waals surface area contributed by atoms with Crippen molar-refractivity contribution in [1.29, 1.82) is 0 Å². The second kappa shape index (κ2) is 8.09. The Morgan fingerprint density at radius 2 is 1.77 bits per heavy atom. The molecule has 1 aliphatic heterocycles. The van der Waals surface area contributed by atoms with Crippen LogP contribution in [0.15, 0.2) is 48.5 Å². The number of nitrogens with zero attached hydrogens (tertiary/aromatic N) is 1. The predicted molar refractivity (Wildman–Crippen MR) is 115 cm³/mol. The van der Waals surface area contributed by atoms with E-state index in [1.165, 1.54) is 28.8 Å². The lowest BCUT2D eigenvalue weighted by Crippen LogP contribution is -2.26. The van der Waals surface area contributed by atoms with Crippen LogP contribution in [0.2, 0.25) is 0 Å². The fourth-order valence-corrected chi connectivity index (χ4v) is 3.52. The Kier molecular flexibility index (Phi) is 5.83. The summed E-state index contributed by atoms with van der Waals surface area (Å²) in [5.74, 6) is 0.764. The van der Waals surface area contributed by atoms with E-state index in [1.807, 2.05) is 0 Å². The maximum atomic E-state index is 3.45. The molecule has 138 valence electrons. The van der Waals surface area contributed by atoms with Crippen LogP contribution in [-0.4, -0.2) is 26.7 Å². The topological polar surface area (TPSA) is 15.3 Å². The molecule has 1 unspecified atom stereocenters. The SMILES string of the molecule is CN(CC1CCNC1)c1cccc(/C=C\c2ccc(C(C)(C)C)cc2)c1. The van der Waals surface area contributed by atoms with Gasteiger partial charge < -0.3 is 10.2 Å². The molecule has 2 aromatic rings. The second-order valence-electron chi connectivity index (χ2n) is 8.54. The highest BCUT2D eigenvalue weighted by molar-refractivity contribution is 5.71. The molecule has 2 heteroatoms. The first kappa shape index (κ1) is 18.7. The summed E-state index contributed by atoms with van der Waals surface area (Å²) in [5.41, 5.74) is 5.37. The molecule has 0 aromatic heterocycles. The van der Waals surface area contributed by atoms with E-state index in [1.54, 1.807) is 0 Å². The molecule has 0 bridgehead atoms. The molecule has 0 radical (unpaired) electrons. The smallest absolute Gasteiger partial charge is 0.0369 e. The number of nitrogens with one attached hydrogen (secondary N) is 1. The zero-order valence-electron chi connectivity index (χ0n) is 16.6. The summed E-state index contributed by atoms with van der Waals surface area (Å²) in [6.45, 7) is 10.2. The lowest BCUT2D eigenvalue weighted by molar-refractivity contribution is 0.578. The summed E-state index contributed by atoms with van der Waals surface area (Å²) in [5, 5.41) is 3.45. The van der Waals surface area contributed by atoms with Crippen molar-refractivity contribution in [2.45, 2.75) is 32.6 Å². The van der Waals surface area contributed by atoms with Crippen molar-refractivity contribution in [2.24, 2.45) is 5.92 Å². The Morgan fingerprint density at radius 1 is 1.04 bits per heavy atom. The van der Waals surface area contributed by atoms with E-state index in [-0.39, 0.29) is 5.41 Å². The number of anilines is 1. The molecule has 3 rings (SSSR count). The van der Waals surface area contributed by atoms with E-state index in [4.69, 9.17) is 0 Å². The Labute approximate surface area is 158 Å². The molecule has 1 heterocycles. The highest BCUT2D eigenvalue weighted by Gasteiger charge is 2.16. The van der Waals surface area contributed by atoms with Crippen LogP contribution < -0.4 is 10.2 Å². The van der Waals surface area contributed by atoms with E-state index in [2.05, 4.69) is 98.7 Å². The summed E-state index contributed by atoms with van der Waals surface area (Å²) < 4.78 is 0. The Bertz CT molecular complexity index is 732. The Morgan fingerprint density at radius 3 is 2.42 bits per heavy atom. The Balaban J connectivity index is 1.66. The average molecular weight is 349 g/mol. The standard InChI is InChI=1S/C24H32N2/c1-24(2,3)22-12-10-19(11-13-22)8-9-20-6-5-7-23(16-20)26(4)18-21-14-15-25-17-21/h5-13,16,21,25H,14-15,17-18H2,1-4H3/b9-8-. The largest absolute Gasteiger partial charge is 0.374 e. The molecule has 26 heavy (non-hydrogen) atoms. The van der Waals surface area contributed by atoms with Gasteiger partial charge in [0.05, 0.1) is 0 Å². The minimum absolute atomic E-state index is 0.204. The van der Waals surface area contributed by atoms with Crippen molar-refractivity contribution >= 4 is 17.8 Å². The average Bonchev–Trinajstić information content (AvgIpc) is 3.13. The maximum Gasteiger partial charge on any atom is 0.0369 e. The van der Waals surface area contributed by atoms with E-state index in [9.17, 15) is 0 Å². The van der Waals surface area contributed by atoms with Crippen molar-refractivity contribution in [1.82, 2.24) is 5.32 Å². The zero-order chi connectivity index (χ0) is 18.6. The second-order valence-corrected chi connectivity index (χ2v) is 8.54. The molecule has 0 spiro atoms. The maximum absolute atomic E-state index is 3.45. The molecule has 0 saturated carbocycles. The van der Waals surface area contributed by atoms with Gasteiger partial charge in [-0.3, -0.25) is 0 Å². The van der Waals surface area contributed by atoms with Gasteiger partial charge in [-0.25, -0.2) is 0 Å². The summed E-state index contributed by atoms with van der Waals surface area (Å²) in [7, 11) is 2.20. The molecular formula is C24H32N2. The normalized spacial score (nSPS) is 17.8. The van der Waals surface area contributed by atoms with Gasteiger partial charge in [-0.15, -0.1) is 0 Å². The van der Waals surface area contributed by atoms with Crippen molar-refractivity contribution in [3.8, 4) is 0 Å². The van der Waals surface area contributed by atoms with Crippen LogP contribution >= 0.6 is 0 Å².